The van der Waals surface area contributed by atoms with Gasteiger partial charge in [-0.15, -0.1) is 0 Å². The minimum Gasteiger partial charge on any atom is -0.456 e. The van der Waals surface area contributed by atoms with E-state index in [4.69, 9.17) is 4.42 Å². The molecule has 1 aliphatic rings. The number of anilines is 3. The maximum absolute atomic E-state index is 6.27. The third-order valence-electron chi connectivity index (χ3n) is 13.3. The van der Waals surface area contributed by atoms with Crippen molar-refractivity contribution in [2.24, 2.45) is 0 Å². The molecule has 0 bridgehead atoms. The van der Waals surface area contributed by atoms with E-state index in [-0.39, 0.29) is 5.41 Å². The Balaban J connectivity index is 0.917. The number of furan rings is 1. The minimum absolute atomic E-state index is 0.200. The van der Waals surface area contributed by atoms with E-state index in [1.54, 1.807) is 0 Å². The predicted molar refractivity (Wildman–Crippen MR) is 265 cm³/mol. The molecule has 0 fully saturated rings. The SMILES string of the molecule is CC1(C)c2cc(-c3ccc4ccccc4c3)ccc2-c2ccc(N(c3ccc(-c4ccc(-c5ccccc5)cc4)cc3)c3ccc(-c4ccc5c(c4)oc4ccccc45)cc3)cc21. The molecule has 0 saturated carbocycles. The first kappa shape index (κ1) is 36.9. The van der Waals surface area contributed by atoms with E-state index >= 15 is 0 Å². The number of hydrogen-bond donors (Lipinski definition) is 0. The molecule has 0 N–H and O–H groups in total. The Bertz CT molecular complexity index is 3500. The summed E-state index contributed by atoms with van der Waals surface area (Å²) >= 11 is 0. The Morgan fingerprint density at radius 3 is 1.49 bits per heavy atom. The van der Waals surface area contributed by atoms with Gasteiger partial charge in [0.25, 0.3) is 0 Å². The van der Waals surface area contributed by atoms with Crippen LogP contribution < -0.4 is 4.90 Å². The summed E-state index contributed by atoms with van der Waals surface area (Å²) in [5.41, 5.74) is 19.8. The van der Waals surface area contributed by atoms with Gasteiger partial charge in [-0.25, -0.2) is 0 Å². The van der Waals surface area contributed by atoms with Gasteiger partial charge in [-0.3, -0.25) is 0 Å². The monoisotopic (exact) mass is 805 g/mol. The van der Waals surface area contributed by atoms with E-state index in [2.05, 4.69) is 231 Å². The van der Waals surface area contributed by atoms with Gasteiger partial charge in [0.2, 0.25) is 0 Å². The molecule has 11 aromatic rings. The lowest BCUT2D eigenvalue weighted by atomic mass is 9.81. The van der Waals surface area contributed by atoms with Crippen molar-refractivity contribution in [2.75, 3.05) is 4.90 Å². The predicted octanol–water partition coefficient (Wildman–Crippen LogP) is 17.2. The van der Waals surface area contributed by atoms with Crippen LogP contribution in [0.2, 0.25) is 0 Å². The molecular weight excluding hydrogens is 763 g/mol. The van der Waals surface area contributed by atoms with Crippen LogP contribution in [0.3, 0.4) is 0 Å². The van der Waals surface area contributed by atoms with Crippen molar-refractivity contribution in [1.82, 2.24) is 0 Å². The quantitative estimate of drug-likeness (QED) is 0.160. The number of para-hydroxylation sites is 1. The summed E-state index contributed by atoms with van der Waals surface area (Å²) in [5, 5.41) is 4.81. The summed E-state index contributed by atoms with van der Waals surface area (Å²) in [4.78, 5) is 2.40. The maximum atomic E-state index is 6.27. The molecule has 0 atom stereocenters. The molecule has 0 spiro atoms. The molecule has 1 aliphatic carbocycles. The van der Waals surface area contributed by atoms with Crippen LogP contribution in [0.4, 0.5) is 17.1 Å². The molecule has 1 aromatic heterocycles. The van der Waals surface area contributed by atoms with Crippen molar-refractivity contribution >= 4 is 49.8 Å². The van der Waals surface area contributed by atoms with Gasteiger partial charge >= 0.3 is 0 Å². The molecule has 0 saturated heterocycles. The van der Waals surface area contributed by atoms with Crippen molar-refractivity contribution in [1.29, 1.82) is 0 Å². The van der Waals surface area contributed by atoms with Crippen LogP contribution in [0.25, 0.3) is 88.3 Å². The number of fused-ring (bicyclic) bond motifs is 7. The number of benzene rings is 10. The topological polar surface area (TPSA) is 16.4 Å². The highest BCUT2D eigenvalue weighted by atomic mass is 16.3. The molecule has 0 aliphatic heterocycles. The Labute approximate surface area is 368 Å². The lowest BCUT2D eigenvalue weighted by Gasteiger charge is -2.28. The molecule has 2 heteroatoms. The average Bonchev–Trinajstić information content (AvgIpc) is 3.83. The van der Waals surface area contributed by atoms with Gasteiger partial charge in [0.1, 0.15) is 11.2 Å². The highest BCUT2D eigenvalue weighted by Crippen LogP contribution is 2.52. The van der Waals surface area contributed by atoms with Crippen molar-refractivity contribution in [3.63, 3.8) is 0 Å². The zero-order valence-electron chi connectivity index (χ0n) is 35.2. The van der Waals surface area contributed by atoms with E-state index < -0.39 is 0 Å². The van der Waals surface area contributed by atoms with Crippen LogP contribution in [-0.4, -0.2) is 0 Å². The highest BCUT2D eigenvalue weighted by Gasteiger charge is 2.36. The van der Waals surface area contributed by atoms with Gasteiger partial charge in [0.05, 0.1) is 0 Å². The van der Waals surface area contributed by atoms with Crippen molar-refractivity contribution in [3.8, 4) is 55.6 Å². The fourth-order valence-electron chi connectivity index (χ4n) is 9.86. The van der Waals surface area contributed by atoms with Gasteiger partial charge < -0.3 is 9.32 Å². The van der Waals surface area contributed by atoms with Crippen LogP contribution in [-0.2, 0) is 5.41 Å². The van der Waals surface area contributed by atoms with Crippen LogP contribution >= 0.6 is 0 Å². The smallest absolute Gasteiger partial charge is 0.136 e. The fraction of sp³-hybridized carbons (Fsp3) is 0.0492. The van der Waals surface area contributed by atoms with E-state index in [1.165, 1.54) is 66.4 Å². The first-order valence-corrected chi connectivity index (χ1v) is 21.8. The Morgan fingerprint density at radius 1 is 0.317 bits per heavy atom. The van der Waals surface area contributed by atoms with E-state index in [0.29, 0.717) is 0 Å². The van der Waals surface area contributed by atoms with Gasteiger partial charge in [-0.05, 0) is 144 Å². The second-order valence-electron chi connectivity index (χ2n) is 17.4. The van der Waals surface area contributed by atoms with Gasteiger partial charge in [-0.2, -0.15) is 0 Å². The molecule has 298 valence electrons. The second-order valence-corrected chi connectivity index (χ2v) is 17.4. The highest BCUT2D eigenvalue weighted by molar-refractivity contribution is 6.06. The summed E-state index contributed by atoms with van der Waals surface area (Å²) in [6.45, 7) is 4.75. The molecule has 12 rings (SSSR count). The molecule has 10 aromatic carbocycles. The van der Waals surface area contributed by atoms with Crippen molar-refractivity contribution in [3.05, 3.63) is 236 Å². The third-order valence-corrected chi connectivity index (χ3v) is 13.3. The standard InChI is InChI=1S/C61H43NO/c1-61(2)57-37-48(47-21-20-41-12-6-7-13-46(41)36-47)26-33-53(57)54-35-32-52(39-58(54)61)62(50-28-22-44(23-29-50)43-18-16-42(17-19-43)40-10-4-3-5-11-40)51-30-24-45(25-31-51)49-27-34-56-55-14-8-9-15-59(55)63-60(56)38-49/h3-39H,1-2H3. The summed E-state index contributed by atoms with van der Waals surface area (Å²) in [5.74, 6) is 0. The molecule has 0 unspecified atom stereocenters. The lowest BCUT2D eigenvalue weighted by Crippen LogP contribution is -2.16. The second kappa shape index (κ2) is 14.6. The molecule has 2 nitrogen and oxygen atoms in total. The summed E-state index contributed by atoms with van der Waals surface area (Å²) < 4.78 is 6.27. The van der Waals surface area contributed by atoms with Crippen LogP contribution in [0.15, 0.2) is 229 Å². The Kier molecular flexibility index (Phi) is 8.55. The van der Waals surface area contributed by atoms with Crippen molar-refractivity contribution < 1.29 is 4.42 Å². The zero-order chi connectivity index (χ0) is 42.1. The minimum atomic E-state index is -0.200. The number of hydrogen-bond acceptors (Lipinski definition) is 2. The lowest BCUT2D eigenvalue weighted by molar-refractivity contribution is 0.660. The first-order valence-electron chi connectivity index (χ1n) is 21.8. The molecular formula is C61H43NO. The molecule has 1 heterocycles. The largest absolute Gasteiger partial charge is 0.456 e. The Morgan fingerprint density at radius 2 is 0.778 bits per heavy atom. The zero-order valence-corrected chi connectivity index (χ0v) is 35.2. The van der Waals surface area contributed by atoms with Crippen LogP contribution in [0.5, 0.6) is 0 Å². The third kappa shape index (κ3) is 6.34. The normalized spacial score (nSPS) is 12.7. The van der Waals surface area contributed by atoms with Gasteiger partial charge in [0, 0.05) is 33.2 Å². The summed E-state index contributed by atoms with van der Waals surface area (Å²) in [6.07, 6.45) is 0. The van der Waals surface area contributed by atoms with Gasteiger partial charge in [0.15, 0.2) is 0 Å². The number of rotatable bonds is 7. The van der Waals surface area contributed by atoms with E-state index in [9.17, 15) is 0 Å². The maximum Gasteiger partial charge on any atom is 0.136 e. The molecule has 63 heavy (non-hydrogen) atoms. The summed E-state index contributed by atoms with van der Waals surface area (Å²) in [7, 11) is 0. The Hall–Kier alpha value is -7.94. The van der Waals surface area contributed by atoms with Crippen LogP contribution in [0.1, 0.15) is 25.0 Å². The van der Waals surface area contributed by atoms with Crippen molar-refractivity contribution in [2.45, 2.75) is 19.3 Å². The summed E-state index contributed by atoms with van der Waals surface area (Å²) in [6, 6.07) is 81.7. The van der Waals surface area contributed by atoms with Crippen LogP contribution in [0, 0.1) is 0 Å². The fourth-order valence-corrected chi connectivity index (χ4v) is 9.86. The van der Waals surface area contributed by atoms with E-state index in [1.807, 2.05) is 12.1 Å². The number of nitrogens with zero attached hydrogens (tertiary/aromatic N) is 1. The molecule has 0 radical (unpaired) electrons. The van der Waals surface area contributed by atoms with E-state index in [0.717, 1.165) is 50.1 Å². The van der Waals surface area contributed by atoms with Gasteiger partial charge in [-0.1, -0.05) is 172 Å². The average molecular weight is 806 g/mol. The first-order chi connectivity index (χ1) is 30.9. The molecule has 0 amide bonds.